The van der Waals surface area contributed by atoms with Gasteiger partial charge >= 0.3 is 0 Å². The van der Waals surface area contributed by atoms with Crippen LogP contribution in [0.4, 0.5) is 0 Å². The Hall–Kier alpha value is -0.120. The predicted octanol–water partition coefficient (Wildman–Crippen LogP) is -0.486. The van der Waals surface area contributed by atoms with E-state index in [2.05, 4.69) is 10.6 Å². The molecule has 47 valence electrons. The van der Waals surface area contributed by atoms with Crippen molar-refractivity contribution in [3.05, 3.63) is 0 Å². The van der Waals surface area contributed by atoms with Crippen molar-refractivity contribution in [2.45, 2.75) is 12.8 Å². The summed E-state index contributed by atoms with van der Waals surface area (Å²) >= 11 is 0. The van der Waals surface area contributed by atoms with Crippen LogP contribution in [0.15, 0.2) is 0 Å². The molecule has 0 aromatic heterocycles. The normalized spacial score (nSPS) is 30.4. The van der Waals surface area contributed by atoms with E-state index in [1.807, 2.05) is 7.05 Å². The second-order valence-corrected chi connectivity index (χ2v) is 1.77. The molecule has 3 heteroatoms. The van der Waals surface area contributed by atoms with Gasteiger partial charge in [0, 0.05) is 6.54 Å². The fraction of sp³-hybridized carbons (Fsp3) is 1.00. The van der Waals surface area contributed by atoms with Crippen molar-refractivity contribution >= 4 is 0 Å². The molecule has 3 nitrogen and oxygen atoms in total. The molecule has 0 aromatic rings. The van der Waals surface area contributed by atoms with E-state index in [1.165, 1.54) is 0 Å². The van der Waals surface area contributed by atoms with Crippen LogP contribution >= 0.6 is 0 Å². The van der Waals surface area contributed by atoms with Gasteiger partial charge in [0.1, 0.15) is 0 Å². The number of hydrogen-bond donors (Lipinski definition) is 1. The fourth-order valence-corrected chi connectivity index (χ4v) is 0.695. The van der Waals surface area contributed by atoms with Crippen LogP contribution in [0, 0.1) is 0 Å². The van der Waals surface area contributed by atoms with E-state index in [0.29, 0.717) is 0 Å². The summed E-state index contributed by atoms with van der Waals surface area (Å²) in [5, 5.41) is 7.03. The molecule has 0 saturated carbocycles. The zero-order valence-electron chi connectivity index (χ0n) is 5.05. The van der Waals surface area contributed by atoms with Crippen molar-refractivity contribution < 1.29 is 4.74 Å². The van der Waals surface area contributed by atoms with Crippen LogP contribution in [-0.2, 0) is 4.74 Å². The largest absolute Gasteiger partial charge is 0.348 e. The molecule has 0 aliphatic carbocycles. The first kappa shape index (κ1) is 6.01. The summed E-state index contributed by atoms with van der Waals surface area (Å²) in [6, 6.07) is 0. The van der Waals surface area contributed by atoms with Gasteiger partial charge in [-0.25, -0.2) is 0 Å². The summed E-state index contributed by atoms with van der Waals surface area (Å²) in [5.74, 6) is 0. The lowest BCUT2D eigenvalue weighted by Crippen LogP contribution is -2.41. The monoisotopic (exact) mass is 115 g/mol. The third-order valence-electron chi connectivity index (χ3n) is 1.12. The van der Waals surface area contributed by atoms with Gasteiger partial charge in [0.25, 0.3) is 0 Å². The minimum Gasteiger partial charge on any atom is -0.348 e. The van der Waals surface area contributed by atoms with E-state index in [1.54, 1.807) is 0 Å². The molecule has 1 aliphatic heterocycles. The maximum atomic E-state index is 5.15. The average molecular weight is 115 g/mol. The van der Waals surface area contributed by atoms with Crippen LogP contribution in [0.2, 0.25) is 0 Å². The van der Waals surface area contributed by atoms with Crippen molar-refractivity contribution in [2.75, 3.05) is 20.2 Å². The molecule has 0 amide bonds. The van der Waals surface area contributed by atoms with E-state index in [-0.39, 0.29) is 6.35 Å². The van der Waals surface area contributed by atoms with Crippen LogP contribution in [0.25, 0.3) is 0 Å². The van der Waals surface area contributed by atoms with E-state index < -0.39 is 0 Å². The summed E-state index contributed by atoms with van der Waals surface area (Å²) in [6.45, 7) is 1.78. The molecule has 1 aliphatic rings. The Morgan fingerprint density at radius 1 is 1.75 bits per heavy atom. The number of ether oxygens (including phenoxy) is 1. The van der Waals surface area contributed by atoms with Gasteiger partial charge in [0.15, 0.2) is 6.35 Å². The Bertz CT molecular complexity index is 61.4. The zero-order valence-corrected chi connectivity index (χ0v) is 5.05. The maximum Gasteiger partial charge on any atom is 0.178 e. The Kier molecular flexibility index (Phi) is 2.27. The molecule has 1 rings (SSSR count). The number of nitrogens with zero attached hydrogens (tertiary/aromatic N) is 1. The van der Waals surface area contributed by atoms with Crippen LogP contribution in [0.1, 0.15) is 6.42 Å². The summed E-state index contributed by atoms with van der Waals surface area (Å²) in [5.41, 5.74) is 0. The van der Waals surface area contributed by atoms with Gasteiger partial charge in [-0.2, -0.15) is 5.32 Å². The van der Waals surface area contributed by atoms with Crippen LogP contribution in [-0.4, -0.2) is 26.6 Å². The first-order valence-corrected chi connectivity index (χ1v) is 2.89. The van der Waals surface area contributed by atoms with Crippen molar-refractivity contribution in [1.82, 2.24) is 10.6 Å². The average Bonchev–Trinajstić information content (AvgIpc) is 1.90. The van der Waals surface area contributed by atoms with E-state index in [9.17, 15) is 0 Å². The van der Waals surface area contributed by atoms with E-state index in [0.717, 1.165) is 19.6 Å². The van der Waals surface area contributed by atoms with Crippen molar-refractivity contribution in [2.24, 2.45) is 0 Å². The molecule has 1 atom stereocenters. The second kappa shape index (κ2) is 3.02. The Labute approximate surface area is 49.4 Å². The summed E-state index contributed by atoms with van der Waals surface area (Å²) in [7, 11) is 1.85. The maximum absolute atomic E-state index is 5.15. The Morgan fingerprint density at radius 2 is 2.62 bits per heavy atom. The van der Waals surface area contributed by atoms with Crippen LogP contribution in [0.3, 0.4) is 0 Å². The quantitative estimate of drug-likeness (QED) is 0.500. The number of hydrogen-bond acceptors (Lipinski definition) is 2. The number of rotatable bonds is 1. The summed E-state index contributed by atoms with van der Waals surface area (Å²) < 4.78 is 5.15. The lowest BCUT2D eigenvalue weighted by atomic mass is 10.4. The number of nitrogens with one attached hydrogen (secondary N) is 1. The highest BCUT2D eigenvalue weighted by Gasteiger charge is 2.09. The zero-order chi connectivity index (χ0) is 5.82. The molecular formula is C5H11N2O. The molecule has 0 spiro atoms. The topological polar surface area (TPSA) is 35.4 Å². The molecular weight excluding hydrogens is 104 g/mol. The van der Waals surface area contributed by atoms with Crippen molar-refractivity contribution in [3.63, 3.8) is 0 Å². The van der Waals surface area contributed by atoms with Gasteiger partial charge in [-0.1, -0.05) is 0 Å². The molecule has 0 bridgehead atoms. The minimum atomic E-state index is -0.0382. The Morgan fingerprint density at radius 3 is 3.00 bits per heavy atom. The third kappa shape index (κ3) is 1.43. The first-order chi connectivity index (χ1) is 3.93. The highest BCUT2D eigenvalue weighted by molar-refractivity contribution is 4.55. The van der Waals surface area contributed by atoms with Gasteiger partial charge in [-0.15, -0.1) is 0 Å². The van der Waals surface area contributed by atoms with Gasteiger partial charge in [0.2, 0.25) is 0 Å². The highest BCUT2D eigenvalue weighted by Crippen LogP contribution is 1.93. The summed E-state index contributed by atoms with van der Waals surface area (Å²) in [6.07, 6.45) is 1.03. The van der Waals surface area contributed by atoms with E-state index in [4.69, 9.17) is 4.74 Å². The van der Waals surface area contributed by atoms with Gasteiger partial charge in [-0.3, -0.25) is 5.32 Å². The Balaban J connectivity index is 2.13. The van der Waals surface area contributed by atoms with Gasteiger partial charge in [-0.05, 0) is 13.5 Å². The predicted molar refractivity (Wildman–Crippen MR) is 30.4 cm³/mol. The lowest BCUT2D eigenvalue weighted by Gasteiger charge is -2.20. The van der Waals surface area contributed by atoms with E-state index >= 15 is 0 Å². The molecule has 1 saturated heterocycles. The molecule has 8 heavy (non-hydrogen) atoms. The molecule has 1 heterocycles. The fourth-order valence-electron chi connectivity index (χ4n) is 0.695. The first-order valence-electron chi connectivity index (χ1n) is 2.89. The molecule has 1 fully saturated rings. The highest BCUT2D eigenvalue weighted by atomic mass is 16.5. The van der Waals surface area contributed by atoms with Crippen molar-refractivity contribution in [3.8, 4) is 0 Å². The lowest BCUT2D eigenvalue weighted by molar-refractivity contribution is -0.0186. The molecule has 0 aromatic carbocycles. The van der Waals surface area contributed by atoms with Gasteiger partial charge < -0.3 is 4.74 Å². The smallest absolute Gasteiger partial charge is 0.178 e. The van der Waals surface area contributed by atoms with Crippen LogP contribution < -0.4 is 10.6 Å². The second-order valence-electron chi connectivity index (χ2n) is 1.77. The van der Waals surface area contributed by atoms with Crippen LogP contribution in [0.5, 0.6) is 0 Å². The molecule has 1 unspecified atom stereocenters. The standard InChI is InChI=1S/C5H11N2O/c1-6-5-7-3-2-4-8-5/h5-6H,2-4H2,1H3. The van der Waals surface area contributed by atoms with Gasteiger partial charge in [0.05, 0.1) is 6.61 Å². The third-order valence-corrected chi connectivity index (χ3v) is 1.12. The summed E-state index contributed by atoms with van der Waals surface area (Å²) in [4.78, 5) is 0. The minimum absolute atomic E-state index is 0.0382. The SMILES string of the molecule is CNC1[N]CCCO1. The molecule has 1 N–H and O–H groups in total. The molecule has 1 radical (unpaired) electrons. The van der Waals surface area contributed by atoms with Crippen molar-refractivity contribution in [1.29, 1.82) is 0 Å².